The molecule has 2 rings (SSSR count). The maximum Gasteiger partial charge on any atom is 0.223 e. The minimum atomic E-state index is 0.215. The van der Waals surface area contributed by atoms with Gasteiger partial charge in [-0.3, -0.25) is 0 Å². The van der Waals surface area contributed by atoms with Gasteiger partial charge >= 0.3 is 0 Å². The van der Waals surface area contributed by atoms with Gasteiger partial charge < -0.3 is 11.1 Å². The van der Waals surface area contributed by atoms with Crippen molar-refractivity contribution in [2.75, 3.05) is 11.1 Å². The molecular weight excluding hydrogens is 200 g/mol. The van der Waals surface area contributed by atoms with Crippen LogP contribution in [0.15, 0.2) is 6.07 Å². The maximum atomic E-state index is 5.75. The molecule has 0 unspecified atom stereocenters. The number of nitrogens with one attached hydrogen (secondary N) is 1. The molecule has 0 bridgehead atoms. The molecule has 1 saturated carbocycles. The summed E-state index contributed by atoms with van der Waals surface area (Å²) in [6, 6.07) is 2.20. The lowest BCUT2D eigenvalue weighted by Gasteiger charge is -2.33. The number of rotatable bonds is 2. The van der Waals surface area contributed by atoms with E-state index in [1.165, 1.54) is 12.8 Å². The Balaban J connectivity index is 2.02. The number of halogens is 1. The van der Waals surface area contributed by atoms with Gasteiger partial charge in [0.1, 0.15) is 11.0 Å². The summed E-state index contributed by atoms with van der Waals surface area (Å²) < 4.78 is 0. The van der Waals surface area contributed by atoms with Crippen LogP contribution in [0.25, 0.3) is 0 Å². The Labute approximate surface area is 87.9 Å². The van der Waals surface area contributed by atoms with Crippen LogP contribution in [-0.2, 0) is 0 Å². The molecular formula is C9H13ClN4. The maximum absolute atomic E-state index is 5.75. The number of nitrogen functional groups attached to an aromatic ring is 1. The number of anilines is 2. The third-order valence-corrected chi connectivity index (χ3v) is 2.63. The first-order valence-corrected chi connectivity index (χ1v) is 5.08. The smallest absolute Gasteiger partial charge is 0.223 e. The minimum Gasteiger partial charge on any atom is -0.368 e. The fraction of sp³-hybridized carbons (Fsp3) is 0.556. The predicted octanol–water partition coefficient (Wildman–Crippen LogP) is 1.92. The van der Waals surface area contributed by atoms with E-state index in [0.29, 0.717) is 11.2 Å². The van der Waals surface area contributed by atoms with E-state index in [1.54, 1.807) is 6.07 Å². The van der Waals surface area contributed by atoms with E-state index >= 15 is 0 Å². The zero-order valence-corrected chi connectivity index (χ0v) is 8.75. The average molecular weight is 213 g/mol. The summed E-state index contributed by atoms with van der Waals surface area (Å²) >= 11 is 5.75. The van der Waals surface area contributed by atoms with Gasteiger partial charge in [-0.05, 0) is 18.8 Å². The van der Waals surface area contributed by atoms with Gasteiger partial charge in [0.25, 0.3) is 0 Å². The summed E-state index contributed by atoms with van der Waals surface area (Å²) in [5.74, 6) is 1.74. The Hall–Kier alpha value is -1.03. The molecule has 1 heterocycles. The number of nitrogens with zero attached hydrogens (tertiary/aromatic N) is 2. The van der Waals surface area contributed by atoms with Crippen molar-refractivity contribution in [3.05, 3.63) is 11.2 Å². The van der Waals surface area contributed by atoms with Crippen LogP contribution < -0.4 is 11.1 Å². The molecule has 5 heteroatoms. The van der Waals surface area contributed by atoms with E-state index in [2.05, 4.69) is 22.2 Å². The Morgan fingerprint density at radius 3 is 2.79 bits per heavy atom. The van der Waals surface area contributed by atoms with Crippen molar-refractivity contribution in [2.45, 2.75) is 25.8 Å². The molecule has 1 aliphatic rings. The van der Waals surface area contributed by atoms with Crippen LogP contribution >= 0.6 is 11.6 Å². The van der Waals surface area contributed by atoms with Crippen LogP contribution in [0.3, 0.4) is 0 Å². The van der Waals surface area contributed by atoms with E-state index < -0.39 is 0 Å². The number of hydrogen-bond acceptors (Lipinski definition) is 4. The summed E-state index contributed by atoms with van der Waals surface area (Å²) in [5.41, 5.74) is 5.48. The Morgan fingerprint density at radius 2 is 2.21 bits per heavy atom. The molecule has 1 fully saturated rings. The van der Waals surface area contributed by atoms with Gasteiger partial charge in [-0.1, -0.05) is 18.5 Å². The van der Waals surface area contributed by atoms with E-state index in [0.717, 1.165) is 11.7 Å². The van der Waals surface area contributed by atoms with Gasteiger partial charge in [-0.2, -0.15) is 4.98 Å². The summed E-state index contributed by atoms with van der Waals surface area (Å²) in [6.07, 6.45) is 2.36. The Bertz CT molecular complexity index is 315. The van der Waals surface area contributed by atoms with Crippen LogP contribution in [0.2, 0.25) is 5.15 Å². The van der Waals surface area contributed by atoms with E-state index in [-0.39, 0.29) is 5.95 Å². The highest BCUT2D eigenvalue weighted by molar-refractivity contribution is 6.29. The van der Waals surface area contributed by atoms with Gasteiger partial charge in [0.05, 0.1) is 0 Å². The van der Waals surface area contributed by atoms with Crippen molar-refractivity contribution in [3.63, 3.8) is 0 Å². The highest BCUT2D eigenvalue weighted by Crippen LogP contribution is 2.29. The van der Waals surface area contributed by atoms with Crippen molar-refractivity contribution in [2.24, 2.45) is 5.92 Å². The molecule has 1 aromatic rings. The highest BCUT2D eigenvalue weighted by atomic mass is 35.5. The van der Waals surface area contributed by atoms with Crippen LogP contribution in [-0.4, -0.2) is 16.0 Å². The monoisotopic (exact) mass is 212 g/mol. The van der Waals surface area contributed by atoms with Crippen LogP contribution in [0.4, 0.5) is 11.8 Å². The molecule has 76 valence electrons. The van der Waals surface area contributed by atoms with Crippen molar-refractivity contribution in [1.82, 2.24) is 9.97 Å². The standard InChI is InChI=1S/C9H13ClN4/c1-5-2-6(3-5)12-8-4-7(10)13-9(11)14-8/h4-6H,2-3H2,1H3,(H3,11,12,13,14). The molecule has 0 amide bonds. The van der Waals surface area contributed by atoms with Gasteiger partial charge in [-0.25, -0.2) is 4.98 Å². The average Bonchev–Trinajstić information content (AvgIpc) is 1.99. The summed E-state index contributed by atoms with van der Waals surface area (Å²) in [7, 11) is 0. The molecule has 1 aliphatic carbocycles. The lowest BCUT2D eigenvalue weighted by atomic mass is 9.82. The number of aromatic nitrogens is 2. The predicted molar refractivity (Wildman–Crippen MR) is 57.3 cm³/mol. The molecule has 14 heavy (non-hydrogen) atoms. The van der Waals surface area contributed by atoms with E-state index in [1.807, 2.05) is 0 Å². The number of nitrogens with two attached hydrogens (primary N) is 1. The second-order valence-corrected chi connectivity index (χ2v) is 4.24. The largest absolute Gasteiger partial charge is 0.368 e. The lowest BCUT2D eigenvalue weighted by molar-refractivity contribution is 0.308. The SMILES string of the molecule is CC1CC(Nc2cc(Cl)nc(N)n2)C1. The molecule has 0 spiro atoms. The lowest BCUT2D eigenvalue weighted by Crippen LogP contribution is -2.34. The van der Waals surface area contributed by atoms with Gasteiger partial charge in [0.2, 0.25) is 5.95 Å². The van der Waals surface area contributed by atoms with Crippen LogP contribution in [0, 0.1) is 5.92 Å². The van der Waals surface area contributed by atoms with Gasteiger partial charge in [0, 0.05) is 12.1 Å². The van der Waals surface area contributed by atoms with Crippen LogP contribution in [0.5, 0.6) is 0 Å². The van der Waals surface area contributed by atoms with E-state index in [4.69, 9.17) is 17.3 Å². The van der Waals surface area contributed by atoms with Crippen LogP contribution in [0.1, 0.15) is 19.8 Å². The Kier molecular flexibility index (Phi) is 2.46. The fourth-order valence-electron chi connectivity index (χ4n) is 1.74. The van der Waals surface area contributed by atoms with Gasteiger partial charge in [-0.15, -0.1) is 0 Å². The summed E-state index contributed by atoms with van der Waals surface area (Å²) in [5, 5.41) is 3.66. The first kappa shape index (κ1) is 9.52. The second-order valence-electron chi connectivity index (χ2n) is 3.85. The van der Waals surface area contributed by atoms with Crippen molar-refractivity contribution in [3.8, 4) is 0 Å². The quantitative estimate of drug-likeness (QED) is 0.736. The summed E-state index contributed by atoms with van der Waals surface area (Å²) in [4.78, 5) is 7.84. The van der Waals surface area contributed by atoms with E-state index in [9.17, 15) is 0 Å². The molecule has 0 saturated heterocycles. The molecule has 0 aliphatic heterocycles. The first-order valence-electron chi connectivity index (χ1n) is 4.70. The Morgan fingerprint density at radius 1 is 1.50 bits per heavy atom. The minimum absolute atomic E-state index is 0.215. The topological polar surface area (TPSA) is 63.8 Å². The molecule has 1 aromatic heterocycles. The van der Waals surface area contributed by atoms with Crippen molar-refractivity contribution in [1.29, 1.82) is 0 Å². The summed E-state index contributed by atoms with van der Waals surface area (Å²) in [6.45, 7) is 2.24. The normalized spacial score (nSPS) is 25.6. The third-order valence-electron chi connectivity index (χ3n) is 2.44. The van der Waals surface area contributed by atoms with Gasteiger partial charge in [0.15, 0.2) is 0 Å². The third kappa shape index (κ3) is 2.07. The molecule has 0 aromatic carbocycles. The second kappa shape index (κ2) is 3.61. The zero-order valence-electron chi connectivity index (χ0n) is 8.00. The van der Waals surface area contributed by atoms with Crippen molar-refractivity contribution < 1.29 is 0 Å². The molecule has 0 radical (unpaired) electrons. The zero-order chi connectivity index (χ0) is 10.1. The molecule has 0 atom stereocenters. The molecule has 4 nitrogen and oxygen atoms in total. The number of hydrogen-bond donors (Lipinski definition) is 2. The first-order chi connectivity index (χ1) is 6.63. The highest BCUT2D eigenvalue weighted by Gasteiger charge is 2.25. The molecule has 3 N–H and O–H groups in total. The fourth-order valence-corrected chi connectivity index (χ4v) is 1.93. The van der Waals surface area contributed by atoms with Crippen molar-refractivity contribution >= 4 is 23.4 Å².